The zero-order valence-electron chi connectivity index (χ0n) is 9.39. The lowest BCUT2D eigenvalue weighted by Gasteiger charge is -2.09. The van der Waals surface area contributed by atoms with Gasteiger partial charge in [-0.15, -0.1) is 25.3 Å². The van der Waals surface area contributed by atoms with Crippen LogP contribution in [0.5, 0.6) is 0 Å². The molecule has 4 nitrogen and oxygen atoms in total. The molecular weight excluding hydrogens is 320 g/mol. The molecule has 0 aliphatic heterocycles. The van der Waals surface area contributed by atoms with Crippen molar-refractivity contribution in [2.24, 2.45) is 0 Å². The Morgan fingerprint density at radius 3 is 1.65 bits per heavy atom. The molecular formula is C8H20O4S5. The van der Waals surface area contributed by atoms with Gasteiger partial charge in [-0.25, -0.2) is 0 Å². The Labute approximate surface area is 130 Å². The minimum Gasteiger partial charge on any atom is -0.481 e. The van der Waals surface area contributed by atoms with Gasteiger partial charge in [-0.3, -0.25) is 4.79 Å². The fourth-order valence-corrected chi connectivity index (χ4v) is 0.173. The molecule has 0 aliphatic carbocycles. The SMILES string of the molecule is CCC(O)(S)S.O=C(O)CS.OCC(S)CS. The van der Waals surface area contributed by atoms with Crippen molar-refractivity contribution in [2.45, 2.75) is 22.9 Å². The van der Waals surface area contributed by atoms with Gasteiger partial charge in [-0.2, -0.15) is 37.9 Å². The third-order valence-corrected chi connectivity index (χ3v) is 3.01. The molecule has 1 unspecified atom stereocenters. The van der Waals surface area contributed by atoms with Crippen LogP contribution in [0.15, 0.2) is 0 Å². The summed E-state index contributed by atoms with van der Waals surface area (Å²) in [6, 6.07) is 0. The van der Waals surface area contributed by atoms with Crippen LogP contribution in [0.25, 0.3) is 0 Å². The van der Waals surface area contributed by atoms with Gasteiger partial charge >= 0.3 is 5.97 Å². The minimum atomic E-state index is -1.07. The van der Waals surface area contributed by atoms with Crippen molar-refractivity contribution in [3.05, 3.63) is 0 Å². The van der Waals surface area contributed by atoms with Gasteiger partial charge in [0.15, 0.2) is 4.27 Å². The first-order valence-electron chi connectivity index (χ1n) is 4.54. The molecule has 0 aliphatic rings. The lowest BCUT2D eigenvalue weighted by molar-refractivity contribution is -0.133. The van der Waals surface area contributed by atoms with Crippen LogP contribution in [0.4, 0.5) is 0 Å². The van der Waals surface area contributed by atoms with E-state index >= 15 is 0 Å². The second-order valence-electron chi connectivity index (χ2n) is 2.70. The van der Waals surface area contributed by atoms with E-state index in [0.29, 0.717) is 12.2 Å². The molecule has 0 radical (unpaired) electrons. The number of aliphatic carboxylic acids is 1. The van der Waals surface area contributed by atoms with Crippen LogP contribution >= 0.6 is 63.1 Å². The highest BCUT2D eigenvalue weighted by molar-refractivity contribution is 8.00. The summed E-state index contributed by atoms with van der Waals surface area (Å²) in [4.78, 5) is 9.29. The quantitative estimate of drug-likeness (QED) is 0.291. The van der Waals surface area contributed by atoms with Crippen LogP contribution in [-0.2, 0) is 4.79 Å². The average Bonchev–Trinajstić information content (AvgIpc) is 2.28. The lowest BCUT2D eigenvalue weighted by Crippen LogP contribution is -2.07. The maximum absolute atomic E-state index is 9.29. The van der Waals surface area contributed by atoms with Crippen LogP contribution in [0.2, 0.25) is 0 Å². The number of aliphatic hydroxyl groups excluding tert-OH is 1. The molecule has 0 saturated carbocycles. The van der Waals surface area contributed by atoms with E-state index in [4.69, 9.17) is 15.3 Å². The summed E-state index contributed by atoms with van der Waals surface area (Å²) < 4.78 is -1.07. The van der Waals surface area contributed by atoms with Crippen LogP contribution in [0.1, 0.15) is 13.3 Å². The molecule has 0 amide bonds. The fourth-order valence-electron chi connectivity index (χ4n) is 0.0577. The van der Waals surface area contributed by atoms with Gasteiger partial charge in [0.1, 0.15) is 0 Å². The van der Waals surface area contributed by atoms with Crippen molar-refractivity contribution in [3.63, 3.8) is 0 Å². The van der Waals surface area contributed by atoms with Gasteiger partial charge in [-0.05, 0) is 6.42 Å². The Bertz CT molecular complexity index is 170. The van der Waals surface area contributed by atoms with Crippen molar-refractivity contribution in [3.8, 4) is 0 Å². The maximum atomic E-state index is 9.29. The summed E-state index contributed by atoms with van der Waals surface area (Å²) in [5.74, 6) is -0.326. The predicted molar refractivity (Wildman–Crippen MR) is 88.4 cm³/mol. The molecule has 0 aromatic carbocycles. The smallest absolute Gasteiger partial charge is 0.313 e. The van der Waals surface area contributed by atoms with E-state index in [0.717, 1.165) is 0 Å². The molecule has 0 rings (SSSR count). The summed E-state index contributed by atoms with van der Waals surface area (Å²) in [7, 11) is 0. The summed E-state index contributed by atoms with van der Waals surface area (Å²) in [6.07, 6.45) is 0.555. The molecule has 0 aromatic heterocycles. The van der Waals surface area contributed by atoms with Crippen molar-refractivity contribution in [1.82, 2.24) is 0 Å². The zero-order chi connectivity index (χ0) is 14.5. The molecule has 0 bridgehead atoms. The third-order valence-electron chi connectivity index (χ3n) is 1.03. The molecule has 17 heavy (non-hydrogen) atoms. The number of carbonyl (C=O) groups is 1. The van der Waals surface area contributed by atoms with E-state index in [1.165, 1.54) is 0 Å². The number of rotatable bonds is 4. The Balaban J connectivity index is -0.000000174. The van der Waals surface area contributed by atoms with Crippen LogP contribution in [0, 0.1) is 0 Å². The van der Waals surface area contributed by atoms with Crippen LogP contribution < -0.4 is 0 Å². The molecule has 9 heteroatoms. The van der Waals surface area contributed by atoms with Crippen molar-refractivity contribution < 1.29 is 20.1 Å². The van der Waals surface area contributed by atoms with Crippen LogP contribution in [-0.4, -0.2) is 48.9 Å². The highest BCUT2D eigenvalue weighted by Gasteiger charge is 2.08. The van der Waals surface area contributed by atoms with E-state index < -0.39 is 10.2 Å². The molecule has 106 valence electrons. The minimum absolute atomic E-state index is 0.0494. The molecule has 0 saturated heterocycles. The Hall–Kier alpha value is 1.14. The number of hydrogen-bond acceptors (Lipinski definition) is 8. The Kier molecular flexibility index (Phi) is 20.8. The van der Waals surface area contributed by atoms with Gasteiger partial charge in [-0.1, -0.05) is 6.92 Å². The van der Waals surface area contributed by atoms with Crippen molar-refractivity contribution in [1.29, 1.82) is 0 Å². The molecule has 0 heterocycles. The van der Waals surface area contributed by atoms with E-state index in [1.54, 1.807) is 6.92 Å². The van der Waals surface area contributed by atoms with Gasteiger partial charge in [0.05, 0.1) is 12.4 Å². The highest BCUT2D eigenvalue weighted by Crippen LogP contribution is 2.17. The van der Waals surface area contributed by atoms with E-state index in [1.807, 2.05) is 0 Å². The Morgan fingerprint density at radius 1 is 1.35 bits per heavy atom. The van der Waals surface area contributed by atoms with E-state index in [2.05, 4.69) is 63.1 Å². The zero-order valence-corrected chi connectivity index (χ0v) is 13.9. The summed E-state index contributed by atoms with van der Waals surface area (Å²) in [5, 5.41) is 24.5. The van der Waals surface area contributed by atoms with Gasteiger partial charge in [0.2, 0.25) is 0 Å². The van der Waals surface area contributed by atoms with Crippen molar-refractivity contribution in [2.75, 3.05) is 18.1 Å². The summed E-state index contributed by atoms with van der Waals surface area (Å²) >= 11 is 18.5. The van der Waals surface area contributed by atoms with Crippen LogP contribution in [0.3, 0.4) is 0 Å². The Morgan fingerprint density at radius 2 is 1.65 bits per heavy atom. The molecule has 1 atom stereocenters. The van der Waals surface area contributed by atoms with Gasteiger partial charge in [0.25, 0.3) is 0 Å². The molecule has 0 aromatic rings. The summed E-state index contributed by atoms with van der Waals surface area (Å²) in [5.41, 5.74) is 0. The third kappa shape index (κ3) is 38.2. The monoisotopic (exact) mass is 340 g/mol. The number of carboxylic acids is 1. The summed E-state index contributed by atoms with van der Waals surface area (Å²) in [6.45, 7) is 1.92. The average molecular weight is 341 g/mol. The first-order valence-corrected chi connectivity index (χ1v) is 7.21. The largest absolute Gasteiger partial charge is 0.481 e. The first-order chi connectivity index (χ1) is 7.64. The number of carboxylic acid groups (broad SMARTS) is 1. The predicted octanol–water partition coefficient (Wildman–Crippen LogP) is 1.11. The standard InChI is InChI=1S/2C3H8OS2.C2H4O2S/c4-1-3(6)2-5;1-2-3(4,5)6;3-2(4)1-5/h3-6H,1-2H2;4-6H,2H2,1H3;5H,1H2,(H,3,4). The topological polar surface area (TPSA) is 77.8 Å². The first kappa shape index (κ1) is 23.2. The molecule has 3 N–H and O–H groups in total. The fraction of sp³-hybridized carbons (Fsp3) is 0.875. The van der Waals surface area contributed by atoms with Crippen molar-refractivity contribution >= 4 is 69.1 Å². The van der Waals surface area contributed by atoms with E-state index in [-0.39, 0.29) is 17.6 Å². The second-order valence-corrected chi connectivity index (χ2v) is 5.94. The highest BCUT2D eigenvalue weighted by atomic mass is 32.2. The van der Waals surface area contributed by atoms with Gasteiger partial charge < -0.3 is 15.3 Å². The van der Waals surface area contributed by atoms with E-state index in [9.17, 15) is 4.79 Å². The molecule has 0 fully saturated rings. The van der Waals surface area contributed by atoms with Gasteiger partial charge in [0, 0.05) is 11.0 Å². The maximum Gasteiger partial charge on any atom is 0.313 e. The number of thiol groups is 5. The number of aliphatic hydroxyl groups is 2. The number of hydrogen-bond donors (Lipinski definition) is 8. The lowest BCUT2D eigenvalue weighted by atomic mass is 10.5. The second kappa shape index (κ2) is 15.2. The molecule has 0 spiro atoms. The normalized spacial score (nSPS) is 11.5.